The van der Waals surface area contributed by atoms with Crippen LogP contribution in [0.3, 0.4) is 0 Å². The maximum Gasteiger partial charge on any atom is 0.418 e. The molecule has 1 saturated heterocycles. The van der Waals surface area contributed by atoms with Crippen molar-refractivity contribution in [2.75, 3.05) is 39.5 Å². The van der Waals surface area contributed by atoms with E-state index in [4.69, 9.17) is 19.9 Å². The Kier molecular flexibility index (Phi) is 11.4. The highest BCUT2D eigenvalue weighted by Crippen LogP contribution is 2.43. The second-order valence-corrected chi connectivity index (χ2v) is 14.1. The van der Waals surface area contributed by atoms with Crippen molar-refractivity contribution in [3.8, 4) is 5.69 Å². The Bertz CT molecular complexity index is 2040. The van der Waals surface area contributed by atoms with Gasteiger partial charge in [0.25, 0.3) is 0 Å². The Morgan fingerprint density at radius 3 is 2.36 bits per heavy atom. The summed E-state index contributed by atoms with van der Waals surface area (Å²) >= 11 is 0. The Balaban J connectivity index is 0.997. The first-order valence-corrected chi connectivity index (χ1v) is 18.2. The molecule has 0 bridgehead atoms. The number of benzene rings is 2. The number of hydrogen-bond acceptors (Lipinski definition) is 8. The molecule has 11 nitrogen and oxygen atoms in total. The molecule has 53 heavy (non-hydrogen) atoms. The van der Waals surface area contributed by atoms with Gasteiger partial charge in [-0.3, -0.25) is 13.9 Å². The van der Waals surface area contributed by atoms with Crippen molar-refractivity contribution in [1.82, 2.24) is 28.6 Å². The van der Waals surface area contributed by atoms with Crippen LogP contribution in [0.25, 0.3) is 11.2 Å². The number of aryl methyl sites for hydroxylation is 1. The second kappa shape index (κ2) is 16.4. The van der Waals surface area contributed by atoms with Gasteiger partial charge in [0.2, 0.25) is 0 Å². The third kappa shape index (κ3) is 8.57. The number of ether oxygens (including phenoxy) is 3. The van der Waals surface area contributed by atoms with Gasteiger partial charge in [0.05, 0.1) is 55.9 Å². The first-order valence-electron chi connectivity index (χ1n) is 18.2. The quantitative estimate of drug-likeness (QED) is 0.133. The fourth-order valence-electron chi connectivity index (χ4n) is 7.39. The van der Waals surface area contributed by atoms with E-state index in [0.29, 0.717) is 69.8 Å². The smallest absolute Gasteiger partial charge is 0.375 e. The van der Waals surface area contributed by atoms with E-state index in [1.165, 1.54) is 17.0 Å². The molecule has 2 atom stereocenters. The first-order chi connectivity index (χ1) is 25.7. The molecule has 0 radical (unpaired) electrons. The summed E-state index contributed by atoms with van der Waals surface area (Å²) in [6.45, 7) is 4.35. The number of nitrogens with zero attached hydrogens (tertiary/aromatic N) is 6. The van der Waals surface area contributed by atoms with Crippen LogP contribution in [0.5, 0.6) is 0 Å². The number of imidazole rings is 1. The van der Waals surface area contributed by atoms with E-state index in [1.807, 2.05) is 54.1 Å². The molecular weight excluding hydrogens is 687 g/mol. The maximum atomic E-state index is 14.5. The van der Waals surface area contributed by atoms with Crippen molar-refractivity contribution in [3.63, 3.8) is 0 Å². The van der Waals surface area contributed by atoms with Crippen LogP contribution in [-0.2, 0) is 47.2 Å². The molecule has 1 saturated carbocycles. The van der Waals surface area contributed by atoms with E-state index in [1.54, 1.807) is 12.4 Å². The lowest BCUT2D eigenvalue weighted by Crippen LogP contribution is -2.25. The highest BCUT2D eigenvalue weighted by molar-refractivity contribution is 5.58. The van der Waals surface area contributed by atoms with Crippen molar-refractivity contribution in [1.29, 1.82) is 0 Å². The lowest BCUT2D eigenvalue weighted by molar-refractivity contribution is -0.136. The molecular formula is C39H46F3N7O4. The lowest BCUT2D eigenvalue weighted by Gasteiger charge is -2.33. The van der Waals surface area contributed by atoms with E-state index >= 15 is 0 Å². The number of pyridine rings is 1. The van der Waals surface area contributed by atoms with Crippen molar-refractivity contribution in [3.05, 3.63) is 117 Å². The van der Waals surface area contributed by atoms with Crippen LogP contribution in [0.4, 0.5) is 13.2 Å². The van der Waals surface area contributed by atoms with E-state index in [9.17, 15) is 18.0 Å². The number of nitrogens with two attached hydrogens (primary N) is 1. The number of halogens is 3. The molecule has 2 aliphatic rings. The predicted octanol–water partition coefficient (Wildman–Crippen LogP) is 5.45. The summed E-state index contributed by atoms with van der Waals surface area (Å²) in [6.07, 6.45) is 3.79. The van der Waals surface area contributed by atoms with Gasteiger partial charge in [-0.15, -0.1) is 10.2 Å². The normalized spacial score (nSPS) is 17.5. The Labute approximate surface area is 306 Å². The standard InChI is InChI=1S/C39H46F3N7O4/c1-46-26-44-45-37(46)36(30-4-2-5-30)31-6-3-7-32(19-31)48-23-35-34(39(40,41)42)18-29(21-49(35)38(48)50)20-47-14-12-33(22-47)53-17-16-52-25-28-10-8-27(9-11-28)24-51-15-13-43/h3,6-11,18-19,21,23,26,30,33,36H,2,4-5,12-17,20,22,24-25,43H2,1H3/t33-,36+/m0/s1. The Morgan fingerprint density at radius 1 is 0.943 bits per heavy atom. The number of hydrogen-bond donors (Lipinski definition) is 1. The molecule has 2 N–H and O–H groups in total. The minimum Gasteiger partial charge on any atom is -0.375 e. The van der Waals surface area contributed by atoms with E-state index < -0.39 is 17.4 Å². The molecule has 0 unspecified atom stereocenters. The van der Waals surface area contributed by atoms with E-state index in [-0.39, 0.29) is 24.1 Å². The van der Waals surface area contributed by atoms with Crippen molar-refractivity contribution < 1.29 is 27.4 Å². The van der Waals surface area contributed by atoms with Crippen molar-refractivity contribution in [2.24, 2.45) is 18.7 Å². The topological polar surface area (TPSA) is 114 Å². The Hall–Kier alpha value is -4.34. The van der Waals surface area contributed by atoms with Gasteiger partial charge in [0.15, 0.2) is 0 Å². The minimum absolute atomic E-state index is 0.0295. The van der Waals surface area contributed by atoms with Gasteiger partial charge < -0.3 is 24.5 Å². The summed E-state index contributed by atoms with van der Waals surface area (Å²) in [4.78, 5) is 15.9. The van der Waals surface area contributed by atoms with Gasteiger partial charge in [-0.25, -0.2) is 4.79 Å². The number of likely N-dealkylation sites (tertiary alicyclic amines) is 1. The average Bonchev–Trinajstić information content (AvgIpc) is 3.85. The summed E-state index contributed by atoms with van der Waals surface area (Å²) in [5, 5.41) is 8.46. The first kappa shape index (κ1) is 37.0. The third-order valence-corrected chi connectivity index (χ3v) is 10.3. The van der Waals surface area contributed by atoms with Gasteiger partial charge in [-0.05, 0) is 65.6 Å². The van der Waals surface area contributed by atoms with Crippen LogP contribution in [0.2, 0.25) is 0 Å². The monoisotopic (exact) mass is 733 g/mol. The molecule has 14 heteroatoms. The second-order valence-electron chi connectivity index (χ2n) is 14.1. The molecule has 0 amide bonds. The zero-order valence-corrected chi connectivity index (χ0v) is 29.9. The van der Waals surface area contributed by atoms with E-state index in [0.717, 1.165) is 58.7 Å². The summed E-state index contributed by atoms with van der Waals surface area (Å²) in [6, 6.07) is 16.7. The van der Waals surface area contributed by atoms with Gasteiger partial charge in [0.1, 0.15) is 12.2 Å². The minimum atomic E-state index is -4.65. The SMILES string of the molecule is Cn1cnnc1[C@@H](c1cccc(-n2cc3c(C(F)(F)F)cc(CN4CC[C@H](OCCOCc5ccc(COCCN)cc5)C4)cn3c2=O)c1)C1CCC1. The molecule has 2 aromatic carbocycles. The van der Waals surface area contributed by atoms with Gasteiger partial charge in [-0.1, -0.05) is 42.8 Å². The molecule has 0 spiro atoms. The number of fused-ring (bicyclic) bond motifs is 1. The summed E-state index contributed by atoms with van der Waals surface area (Å²) in [5.41, 5.74) is 7.87. The van der Waals surface area contributed by atoms with Crippen LogP contribution >= 0.6 is 0 Å². The molecule has 1 aliphatic heterocycles. The lowest BCUT2D eigenvalue weighted by atomic mass is 9.72. The van der Waals surface area contributed by atoms with Gasteiger partial charge in [0, 0.05) is 51.5 Å². The van der Waals surface area contributed by atoms with Crippen molar-refractivity contribution >= 4 is 5.52 Å². The molecule has 7 rings (SSSR count). The molecule has 4 heterocycles. The third-order valence-electron chi connectivity index (χ3n) is 10.3. The molecule has 282 valence electrons. The van der Waals surface area contributed by atoms with Crippen LogP contribution in [0, 0.1) is 5.92 Å². The Morgan fingerprint density at radius 2 is 1.70 bits per heavy atom. The molecule has 1 aliphatic carbocycles. The highest BCUT2D eigenvalue weighted by atomic mass is 19.4. The summed E-state index contributed by atoms with van der Waals surface area (Å²) in [7, 11) is 1.91. The molecule has 2 fully saturated rings. The zero-order valence-electron chi connectivity index (χ0n) is 29.9. The van der Waals surface area contributed by atoms with Crippen LogP contribution < -0.4 is 11.4 Å². The zero-order chi connectivity index (χ0) is 37.0. The van der Waals surface area contributed by atoms with Gasteiger partial charge >= 0.3 is 11.9 Å². The molecule has 5 aromatic rings. The van der Waals surface area contributed by atoms with Gasteiger partial charge in [-0.2, -0.15) is 13.2 Å². The average molecular weight is 734 g/mol. The van der Waals surface area contributed by atoms with Crippen LogP contribution in [0.1, 0.15) is 65.2 Å². The fourth-order valence-corrected chi connectivity index (χ4v) is 7.39. The van der Waals surface area contributed by atoms with Crippen LogP contribution in [-0.4, -0.2) is 74.2 Å². The predicted molar refractivity (Wildman–Crippen MR) is 193 cm³/mol. The largest absolute Gasteiger partial charge is 0.418 e. The number of aromatic nitrogens is 5. The van der Waals surface area contributed by atoms with E-state index in [2.05, 4.69) is 15.1 Å². The summed E-state index contributed by atoms with van der Waals surface area (Å²) < 4.78 is 65.2. The molecule has 3 aromatic heterocycles. The highest BCUT2D eigenvalue weighted by Gasteiger charge is 2.36. The summed E-state index contributed by atoms with van der Waals surface area (Å²) in [5.74, 6) is 1.18. The maximum absolute atomic E-state index is 14.5. The van der Waals surface area contributed by atoms with Crippen LogP contribution in [0.15, 0.2) is 78.1 Å². The number of alkyl halides is 3. The van der Waals surface area contributed by atoms with Crippen molar-refractivity contribution in [2.45, 2.75) is 63.6 Å². The fraction of sp³-hybridized carbons (Fsp3) is 0.462. The number of rotatable bonds is 16.